The van der Waals surface area contributed by atoms with Crippen molar-refractivity contribution < 1.29 is 4.79 Å². The molecule has 1 aromatic carbocycles. The first-order valence-electron chi connectivity index (χ1n) is 6.63. The Bertz CT molecular complexity index is 690. The van der Waals surface area contributed by atoms with Crippen molar-refractivity contribution in [1.82, 2.24) is 10.3 Å². The summed E-state index contributed by atoms with van der Waals surface area (Å²) in [5.74, 6) is 1.61. The van der Waals surface area contributed by atoms with Crippen LogP contribution in [0.1, 0.15) is 5.69 Å². The van der Waals surface area contributed by atoms with Gasteiger partial charge in [-0.1, -0.05) is 23.4 Å². The van der Waals surface area contributed by atoms with Crippen LogP contribution in [-0.4, -0.2) is 28.6 Å². The van der Waals surface area contributed by atoms with Gasteiger partial charge < -0.3 is 5.32 Å². The van der Waals surface area contributed by atoms with E-state index in [-0.39, 0.29) is 24.4 Å². The first-order chi connectivity index (χ1) is 10.6. The first kappa shape index (κ1) is 18.9. The molecule has 0 spiro atoms. The summed E-state index contributed by atoms with van der Waals surface area (Å²) in [6.45, 7) is 1.97. The van der Waals surface area contributed by atoms with Crippen LogP contribution in [0.4, 0.5) is 5.69 Å². The lowest BCUT2D eigenvalue weighted by molar-refractivity contribution is -0.117. The number of benzene rings is 1. The zero-order valence-electron chi connectivity index (χ0n) is 12.2. The highest BCUT2D eigenvalue weighted by molar-refractivity contribution is 8.01. The quantitative estimate of drug-likeness (QED) is 0.791. The summed E-state index contributed by atoms with van der Waals surface area (Å²) in [6, 6.07) is 5.44. The number of amides is 1. The maximum atomic E-state index is 12.1. The van der Waals surface area contributed by atoms with Crippen LogP contribution >= 0.6 is 58.9 Å². The minimum atomic E-state index is -0.129. The van der Waals surface area contributed by atoms with Crippen LogP contribution < -0.4 is 10.6 Å². The lowest BCUT2D eigenvalue weighted by atomic mass is 10.2. The summed E-state index contributed by atoms with van der Waals surface area (Å²) in [6.07, 6.45) is 0. The van der Waals surface area contributed by atoms with Crippen LogP contribution in [0.2, 0.25) is 5.02 Å². The third kappa shape index (κ3) is 5.01. The van der Waals surface area contributed by atoms with Gasteiger partial charge in [0.2, 0.25) is 5.91 Å². The third-order valence-corrected chi connectivity index (χ3v) is 6.52. The van der Waals surface area contributed by atoms with Gasteiger partial charge in [-0.25, -0.2) is 4.98 Å². The molecule has 3 rings (SSSR count). The van der Waals surface area contributed by atoms with E-state index in [0.29, 0.717) is 10.7 Å². The fourth-order valence-corrected chi connectivity index (χ4v) is 4.96. The van der Waals surface area contributed by atoms with Crippen molar-refractivity contribution in [3.05, 3.63) is 34.3 Å². The Hall–Kier alpha value is -0.440. The number of thioether (sulfide) groups is 1. The van der Waals surface area contributed by atoms with Crippen molar-refractivity contribution >= 4 is 70.5 Å². The van der Waals surface area contributed by atoms with E-state index in [1.54, 1.807) is 29.2 Å². The molecule has 1 aliphatic heterocycles. The van der Waals surface area contributed by atoms with E-state index >= 15 is 0 Å². The number of halogens is 2. The molecule has 1 unspecified atom stereocenters. The minimum Gasteiger partial charge on any atom is -0.325 e. The lowest BCUT2D eigenvalue weighted by Crippen LogP contribution is -2.37. The van der Waals surface area contributed by atoms with Crippen molar-refractivity contribution in [3.63, 3.8) is 0 Å². The fourth-order valence-electron chi connectivity index (χ4n) is 1.93. The van der Waals surface area contributed by atoms with E-state index in [9.17, 15) is 4.79 Å². The van der Waals surface area contributed by atoms with Crippen molar-refractivity contribution in [3.8, 4) is 0 Å². The molecule has 1 aliphatic rings. The molecule has 23 heavy (non-hydrogen) atoms. The predicted molar refractivity (Wildman–Crippen MR) is 103 cm³/mol. The van der Waals surface area contributed by atoms with Crippen molar-refractivity contribution in [1.29, 1.82) is 0 Å². The molecule has 9 heteroatoms. The molecule has 0 bridgehead atoms. The summed E-state index contributed by atoms with van der Waals surface area (Å²) in [5, 5.41) is 8.67. The Morgan fingerprint density at radius 3 is 2.96 bits per heavy atom. The highest BCUT2D eigenvalue weighted by Gasteiger charge is 2.22. The number of aryl methyl sites for hydroxylation is 1. The Balaban J connectivity index is 0.00000192. The molecule has 1 aromatic heterocycles. The highest BCUT2D eigenvalue weighted by Crippen LogP contribution is 2.36. The Labute approximate surface area is 158 Å². The van der Waals surface area contributed by atoms with Gasteiger partial charge in [0.15, 0.2) is 4.34 Å². The summed E-state index contributed by atoms with van der Waals surface area (Å²) < 4.78 is 0.961. The van der Waals surface area contributed by atoms with E-state index in [0.717, 1.165) is 26.6 Å². The van der Waals surface area contributed by atoms with E-state index in [4.69, 9.17) is 11.6 Å². The largest absolute Gasteiger partial charge is 0.325 e. The number of hydrogen-bond acceptors (Lipinski definition) is 6. The van der Waals surface area contributed by atoms with Gasteiger partial charge in [-0.2, -0.15) is 0 Å². The van der Waals surface area contributed by atoms with Crippen molar-refractivity contribution in [2.24, 2.45) is 0 Å². The van der Waals surface area contributed by atoms with E-state index < -0.39 is 0 Å². The third-order valence-electron chi connectivity index (χ3n) is 3.03. The number of nitrogens with zero attached hydrogens (tertiary/aromatic N) is 1. The molecule has 0 radical (unpaired) electrons. The second-order valence-electron chi connectivity index (χ2n) is 4.76. The zero-order chi connectivity index (χ0) is 15.5. The van der Waals surface area contributed by atoms with E-state index in [1.807, 2.05) is 24.4 Å². The summed E-state index contributed by atoms with van der Waals surface area (Å²) >= 11 is 11.2. The summed E-state index contributed by atoms with van der Waals surface area (Å²) in [4.78, 5) is 17.4. The average molecular weight is 408 g/mol. The van der Waals surface area contributed by atoms with Gasteiger partial charge in [-0.3, -0.25) is 10.1 Å². The van der Waals surface area contributed by atoms with E-state index in [2.05, 4.69) is 15.6 Å². The number of rotatable bonds is 4. The Kier molecular flexibility index (Phi) is 7.06. The highest BCUT2D eigenvalue weighted by atomic mass is 35.5. The number of anilines is 1. The topological polar surface area (TPSA) is 54.0 Å². The fraction of sp³-hybridized carbons (Fsp3) is 0.286. The van der Waals surface area contributed by atoms with Gasteiger partial charge >= 0.3 is 0 Å². The number of thiazole rings is 1. The maximum absolute atomic E-state index is 12.1. The maximum Gasteiger partial charge on any atom is 0.242 e. The van der Waals surface area contributed by atoms with Crippen molar-refractivity contribution in [2.45, 2.75) is 22.2 Å². The predicted octanol–water partition coefficient (Wildman–Crippen LogP) is 4.28. The van der Waals surface area contributed by atoms with Crippen LogP contribution in [0.15, 0.2) is 32.8 Å². The molecular weight excluding hydrogens is 393 g/mol. The van der Waals surface area contributed by atoms with Crippen LogP contribution in [0.3, 0.4) is 0 Å². The number of aromatic nitrogens is 1. The molecule has 0 saturated carbocycles. The molecule has 124 valence electrons. The monoisotopic (exact) mass is 407 g/mol. The number of nitrogens with one attached hydrogen (secondary N) is 2. The standard InChI is InChI=1S/C14H14ClN3OS3.ClH/c1-8-5-21-14(17-8)22-12-3-2-9(4-10(12)15)18-13(19)11-6-20-7-16-11;/h2-5,11,16H,6-7H2,1H3,(H,18,19);1H. The van der Waals surface area contributed by atoms with Gasteiger partial charge in [-0.05, 0) is 25.1 Å². The number of carbonyl (C=O) groups is 1. The van der Waals surface area contributed by atoms with E-state index in [1.165, 1.54) is 11.8 Å². The van der Waals surface area contributed by atoms with Crippen molar-refractivity contribution in [2.75, 3.05) is 16.9 Å². The number of hydrogen-bond donors (Lipinski definition) is 2. The molecule has 1 atom stereocenters. The molecule has 2 N–H and O–H groups in total. The molecule has 1 saturated heterocycles. The summed E-state index contributed by atoms with van der Waals surface area (Å²) in [5.41, 5.74) is 1.72. The Morgan fingerprint density at radius 2 is 2.35 bits per heavy atom. The second-order valence-corrected chi connectivity index (χ2v) is 8.35. The minimum absolute atomic E-state index is 0. The zero-order valence-corrected chi connectivity index (χ0v) is 16.2. The van der Waals surface area contributed by atoms with Crippen LogP contribution in [0, 0.1) is 6.92 Å². The lowest BCUT2D eigenvalue weighted by Gasteiger charge is -2.11. The average Bonchev–Trinajstić information content (AvgIpc) is 3.13. The SMILES string of the molecule is Cc1csc(Sc2ccc(NC(=O)C3CSCN3)cc2Cl)n1.Cl. The Morgan fingerprint density at radius 1 is 1.52 bits per heavy atom. The molecule has 0 aliphatic carbocycles. The summed E-state index contributed by atoms with van der Waals surface area (Å²) in [7, 11) is 0. The second kappa shape index (κ2) is 8.60. The molecule has 2 aromatic rings. The van der Waals surface area contributed by atoms with Gasteiger partial charge in [0.1, 0.15) is 0 Å². The molecule has 2 heterocycles. The van der Waals surface area contributed by atoms with Gasteiger partial charge in [0.05, 0.1) is 11.1 Å². The van der Waals surface area contributed by atoms with Crippen LogP contribution in [-0.2, 0) is 4.79 Å². The molecule has 1 fully saturated rings. The van der Waals surface area contributed by atoms with Gasteiger partial charge in [0.25, 0.3) is 0 Å². The molecule has 1 amide bonds. The smallest absolute Gasteiger partial charge is 0.242 e. The van der Waals surface area contributed by atoms with Gasteiger partial charge in [0, 0.05) is 33.3 Å². The van der Waals surface area contributed by atoms with Gasteiger partial charge in [-0.15, -0.1) is 35.5 Å². The normalized spacial score (nSPS) is 16.9. The van der Waals surface area contributed by atoms with Crippen LogP contribution in [0.25, 0.3) is 0 Å². The number of carbonyl (C=O) groups excluding carboxylic acids is 1. The first-order valence-corrected chi connectivity index (χ1v) is 9.86. The molecule has 4 nitrogen and oxygen atoms in total. The van der Waals surface area contributed by atoms with Crippen LogP contribution in [0.5, 0.6) is 0 Å². The molecular formula is C14H15Cl2N3OS3.